The van der Waals surface area contributed by atoms with Gasteiger partial charge in [-0.2, -0.15) is 0 Å². The summed E-state index contributed by atoms with van der Waals surface area (Å²) in [6.45, 7) is 0.627. The van der Waals surface area contributed by atoms with Crippen molar-refractivity contribution in [1.29, 1.82) is 0 Å². The molecule has 0 aromatic heterocycles. The SMILES string of the molecule is NCc1ccc(C(=O)NCC2CCCS2(=O)=O)cc1. The molecule has 0 radical (unpaired) electrons. The van der Waals surface area contributed by atoms with Gasteiger partial charge in [-0.05, 0) is 30.5 Å². The smallest absolute Gasteiger partial charge is 0.251 e. The summed E-state index contributed by atoms with van der Waals surface area (Å²) in [6.07, 6.45) is 1.32. The van der Waals surface area contributed by atoms with Crippen molar-refractivity contribution in [3.63, 3.8) is 0 Å². The Balaban J connectivity index is 1.94. The van der Waals surface area contributed by atoms with E-state index in [4.69, 9.17) is 5.73 Å². The fraction of sp³-hybridized carbons (Fsp3) is 0.462. The van der Waals surface area contributed by atoms with Gasteiger partial charge >= 0.3 is 0 Å². The number of carbonyl (C=O) groups excluding carboxylic acids is 1. The zero-order chi connectivity index (χ0) is 13.9. The molecule has 19 heavy (non-hydrogen) atoms. The van der Waals surface area contributed by atoms with E-state index in [2.05, 4.69) is 5.32 Å². The Morgan fingerprint density at radius 3 is 2.53 bits per heavy atom. The van der Waals surface area contributed by atoms with Gasteiger partial charge in [0.15, 0.2) is 9.84 Å². The van der Waals surface area contributed by atoms with Crippen molar-refractivity contribution in [3.05, 3.63) is 35.4 Å². The van der Waals surface area contributed by atoms with Gasteiger partial charge in [-0.3, -0.25) is 4.79 Å². The van der Waals surface area contributed by atoms with Gasteiger partial charge in [0.05, 0.1) is 11.0 Å². The first kappa shape index (κ1) is 14.0. The quantitative estimate of drug-likeness (QED) is 0.839. The molecule has 0 spiro atoms. The number of rotatable bonds is 4. The number of amides is 1. The van der Waals surface area contributed by atoms with Crippen molar-refractivity contribution in [3.8, 4) is 0 Å². The molecule has 2 rings (SSSR count). The maximum atomic E-state index is 11.9. The Labute approximate surface area is 113 Å². The highest BCUT2D eigenvalue weighted by atomic mass is 32.2. The van der Waals surface area contributed by atoms with Gasteiger partial charge in [-0.15, -0.1) is 0 Å². The van der Waals surface area contributed by atoms with Crippen molar-refractivity contribution in [1.82, 2.24) is 5.32 Å². The maximum Gasteiger partial charge on any atom is 0.251 e. The first-order chi connectivity index (χ1) is 9.03. The maximum absolute atomic E-state index is 11.9. The molecule has 5 nitrogen and oxygen atoms in total. The van der Waals surface area contributed by atoms with Crippen molar-refractivity contribution >= 4 is 15.7 Å². The Hall–Kier alpha value is -1.40. The molecule has 1 saturated heterocycles. The lowest BCUT2D eigenvalue weighted by atomic mass is 10.1. The number of carbonyl (C=O) groups is 1. The number of sulfone groups is 1. The van der Waals surface area contributed by atoms with Crippen LogP contribution in [-0.2, 0) is 16.4 Å². The Morgan fingerprint density at radius 1 is 1.32 bits per heavy atom. The summed E-state index contributed by atoms with van der Waals surface area (Å²) in [7, 11) is -3.01. The summed E-state index contributed by atoms with van der Waals surface area (Å²) in [5, 5.41) is 2.25. The van der Waals surface area contributed by atoms with Crippen LogP contribution in [0, 0.1) is 0 Å². The van der Waals surface area contributed by atoms with Gasteiger partial charge in [0.2, 0.25) is 0 Å². The average Bonchev–Trinajstić information content (AvgIpc) is 2.75. The molecule has 104 valence electrons. The van der Waals surface area contributed by atoms with Crippen LogP contribution in [0.4, 0.5) is 0 Å². The topological polar surface area (TPSA) is 89.3 Å². The minimum absolute atomic E-state index is 0.194. The molecule has 6 heteroatoms. The highest BCUT2D eigenvalue weighted by Crippen LogP contribution is 2.19. The second-order valence-corrected chi connectivity index (χ2v) is 7.14. The molecule has 0 bridgehead atoms. The lowest BCUT2D eigenvalue weighted by Crippen LogP contribution is -2.34. The second kappa shape index (κ2) is 5.71. The number of hydrogen-bond donors (Lipinski definition) is 2. The lowest BCUT2D eigenvalue weighted by Gasteiger charge is -2.11. The second-order valence-electron chi connectivity index (χ2n) is 4.74. The fourth-order valence-corrected chi connectivity index (χ4v) is 3.95. The van der Waals surface area contributed by atoms with E-state index in [-0.39, 0.29) is 18.2 Å². The molecular formula is C13H18N2O3S. The molecule has 1 fully saturated rings. The summed E-state index contributed by atoms with van der Waals surface area (Å²) in [4.78, 5) is 11.9. The van der Waals surface area contributed by atoms with Gasteiger partial charge in [-0.1, -0.05) is 12.1 Å². The van der Waals surface area contributed by atoms with E-state index in [0.29, 0.717) is 24.9 Å². The normalized spacial score (nSPS) is 21.2. The molecule has 0 aliphatic carbocycles. The summed E-state index contributed by atoms with van der Waals surface area (Å²) < 4.78 is 23.3. The zero-order valence-electron chi connectivity index (χ0n) is 10.6. The van der Waals surface area contributed by atoms with Crippen LogP contribution >= 0.6 is 0 Å². The highest BCUT2D eigenvalue weighted by molar-refractivity contribution is 7.92. The van der Waals surface area contributed by atoms with Crippen LogP contribution in [0.1, 0.15) is 28.8 Å². The Bertz CT molecular complexity index is 552. The van der Waals surface area contributed by atoms with Crippen LogP contribution in [0.5, 0.6) is 0 Å². The molecule has 1 aromatic carbocycles. The molecule has 3 N–H and O–H groups in total. The summed E-state index contributed by atoms with van der Waals surface area (Å²) in [5.41, 5.74) is 6.95. The van der Waals surface area contributed by atoms with E-state index in [1.807, 2.05) is 0 Å². The van der Waals surface area contributed by atoms with Gasteiger partial charge in [0, 0.05) is 18.7 Å². The van der Waals surface area contributed by atoms with E-state index in [0.717, 1.165) is 5.56 Å². The van der Waals surface area contributed by atoms with Crippen LogP contribution in [-0.4, -0.2) is 31.9 Å². The van der Waals surface area contributed by atoms with E-state index < -0.39 is 15.1 Å². The van der Waals surface area contributed by atoms with E-state index in [1.165, 1.54) is 0 Å². The van der Waals surface area contributed by atoms with Crippen molar-refractivity contribution in [2.75, 3.05) is 12.3 Å². The standard InChI is InChI=1S/C13H18N2O3S/c14-8-10-3-5-11(6-4-10)13(16)15-9-12-2-1-7-19(12,17)18/h3-6,12H,1-2,7-9,14H2,(H,15,16). The third kappa shape index (κ3) is 3.33. The Morgan fingerprint density at radius 2 is 2.00 bits per heavy atom. The summed E-state index contributed by atoms with van der Waals surface area (Å²) >= 11 is 0. The molecule has 1 aromatic rings. The van der Waals surface area contributed by atoms with Crippen LogP contribution < -0.4 is 11.1 Å². The Kier molecular flexibility index (Phi) is 4.21. The van der Waals surface area contributed by atoms with Gasteiger partial charge in [0.1, 0.15) is 0 Å². The molecular weight excluding hydrogens is 264 g/mol. The summed E-state index contributed by atoms with van der Waals surface area (Å²) in [6, 6.07) is 6.98. The van der Waals surface area contributed by atoms with Crippen molar-refractivity contribution < 1.29 is 13.2 Å². The molecule has 1 aliphatic heterocycles. The van der Waals surface area contributed by atoms with Gasteiger partial charge in [0.25, 0.3) is 5.91 Å². The van der Waals surface area contributed by atoms with E-state index >= 15 is 0 Å². The average molecular weight is 282 g/mol. The first-order valence-electron chi connectivity index (χ1n) is 6.32. The van der Waals surface area contributed by atoms with Crippen molar-refractivity contribution in [2.24, 2.45) is 5.73 Å². The van der Waals surface area contributed by atoms with Gasteiger partial charge in [-0.25, -0.2) is 8.42 Å². The minimum atomic E-state index is -3.01. The predicted octanol–water partition coefficient (Wildman–Crippen LogP) is 0.452. The number of nitrogens with two attached hydrogens (primary N) is 1. The van der Waals surface area contributed by atoms with Crippen LogP contribution in [0.3, 0.4) is 0 Å². The molecule has 1 unspecified atom stereocenters. The van der Waals surface area contributed by atoms with E-state index in [1.54, 1.807) is 24.3 Å². The number of benzene rings is 1. The minimum Gasteiger partial charge on any atom is -0.351 e. The van der Waals surface area contributed by atoms with Gasteiger partial charge < -0.3 is 11.1 Å². The fourth-order valence-electron chi connectivity index (χ4n) is 2.19. The van der Waals surface area contributed by atoms with Crippen LogP contribution in [0.25, 0.3) is 0 Å². The first-order valence-corrected chi connectivity index (χ1v) is 8.03. The lowest BCUT2D eigenvalue weighted by molar-refractivity contribution is 0.0953. The zero-order valence-corrected chi connectivity index (χ0v) is 11.4. The molecule has 1 heterocycles. The van der Waals surface area contributed by atoms with Crippen LogP contribution in [0.15, 0.2) is 24.3 Å². The van der Waals surface area contributed by atoms with Crippen molar-refractivity contribution in [2.45, 2.75) is 24.6 Å². The largest absolute Gasteiger partial charge is 0.351 e. The third-order valence-corrected chi connectivity index (χ3v) is 5.68. The molecule has 0 saturated carbocycles. The number of nitrogens with one attached hydrogen (secondary N) is 1. The molecule has 1 atom stereocenters. The number of hydrogen-bond acceptors (Lipinski definition) is 4. The summed E-state index contributed by atoms with van der Waals surface area (Å²) in [5.74, 6) is -0.00989. The predicted molar refractivity (Wildman–Crippen MR) is 73.5 cm³/mol. The monoisotopic (exact) mass is 282 g/mol. The molecule has 1 amide bonds. The highest BCUT2D eigenvalue weighted by Gasteiger charge is 2.31. The third-order valence-electron chi connectivity index (χ3n) is 3.40. The molecule has 1 aliphatic rings. The van der Waals surface area contributed by atoms with Crippen LogP contribution in [0.2, 0.25) is 0 Å². The van der Waals surface area contributed by atoms with E-state index in [9.17, 15) is 13.2 Å².